The van der Waals surface area contributed by atoms with Crippen molar-refractivity contribution < 1.29 is 18.0 Å². The molecule has 1 saturated carbocycles. The van der Waals surface area contributed by atoms with Gasteiger partial charge in [-0.3, -0.25) is 9.48 Å². The SMILES string of the molecule is C.C.Cc1nc(NC2CC(Cn3cnc(C(F)(F)F)n3)C2)nc2c1NC(=O)[C@H](C(C)C)N2C.S. The largest absolute Gasteiger partial charge is 0.453 e. The lowest BCUT2D eigenvalue weighted by molar-refractivity contribution is -0.145. The van der Waals surface area contributed by atoms with Gasteiger partial charge in [0.15, 0.2) is 5.82 Å². The Labute approximate surface area is 205 Å². The molecule has 2 aromatic heterocycles. The maximum Gasteiger partial charge on any atom is 0.453 e. The first kappa shape index (κ1) is 29.5. The van der Waals surface area contributed by atoms with E-state index in [4.69, 9.17) is 0 Å². The van der Waals surface area contributed by atoms with Crippen LogP contribution in [0.25, 0.3) is 0 Å². The van der Waals surface area contributed by atoms with Gasteiger partial charge in [-0.2, -0.15) is 31.7 Å². The van der Waals surface area contributed by atoms with Gasteiger partial charge in [-0.1, -0.05) is 28.7 Å². The fraction of sp³-hybridized carbons (Fsp3) is 0.667. The minimum Gasteiger partial charge on any atom is -0.351 e. The molecular formula is C21H35F3N8OS. The monoisotopic (exact) mass is 504 g/mol. The van der Waals surface area contributed by atoms with Gasteiger partial charge < -0.3 is 15.5 Å². The van der Waals surface area contributed by atoms with Gasteiger partial charge in [-0.05, 0) is 31.6 Å². The number of nitrogens with one attached hydrogen (secondary N) is 2. The summed E-state index contributed by atoms with van der Waals surface area (Å²) in [5, 5.41) is 9.72. The second-order valence-corrected chi connectivity index (χ2v) is 8.59. The van der Waals surface area contributed by atoms with E-state index in [0.29, 0.717) is 29.7 Å². The molecule has 0 radical (unpaired) electrons. The van der Waals surface area contributed by atoms with E-state index in [1.54, 1.807) is 0 Å². The van der Waals surface area contributed by atoms with Gasteiger partial charge in [0, 0.05) is 19.6 Å². The number of hydrogen-bond acceptors (Lipinski definition) is 7. The molecule has 0 unspecified atom stereocenters. The molecule has 13 heteroatoms. The second-order valence-electron chi connectivity index (χ2n) is 8.59. The van der Waals surface area contributed by atoms with E-state index in [2.05, 4.69) is 30.7 Å². The number of halogens is 3. The number of fused-ring (bicyclic) bond motifs is 1. The fourth-order valence-electron chi connectivity index (χ4n) is 4.24. The average molecular weight is 505 g/mol. The number of carbonyl (C=O) groups excluding carboxylic acids is 1. The highest BCUT2D eigenvalue weighted by Crippen LogP contribution is 2.36. The molecule has 9 nitrogen and oxygen atoms in total. The van der Waals surface area contributed by atoms with E-state index < -0.39 is 12.0 Å². The molecule has 1 amide bonds. The number of hydrogen-bond donors (Lipinski definition) is 2. The van der Waals surface area contributed by atoms with Crippen LogP contribution in [0.5, 0.6) is 0 Å². The van der Waals surface area contributed by atoms with E-state index >= 15 is 0 Å². The molecular weight excluding hydrogens is 469 g/mol. The maximum atomic E-state index is 12.6. The zero-order valence-corrected chi connectivity index (χ0v) is 19.2. The third-order valence-electron chi connectivity index (χ3n) is 5.77. The molecule has 0 aromatic carbocycles. The molecule has 0 saturated heterocycles. The van der Waals surface area contributed by atoms with Gasteiger partial charge in [0.05, 0.1) is 5.69 Å². The Bertz CT molecular complexity index is 991. The van der Waals surface area contributed by atoms with E-state index in [-0.39, 0.29) is 58.2 Å². The highest BCUT2D eigenvalue weighted by molar-refractivity contribution is 7.59. The number of aromatic nitrogens is 5. The maximum absolute atomic E-state index is 12.6. The molecule has 2 aliphatic rings. The smallest absolute Gasteiger partial charge is 0.351 e. The predicted octanol–water partition coefficient (Wildman–Crippen LogP) is 4.08. The van der Waals surface area contributed by atoms with Crippen molar-refractivity contribution in [3.8, 4) is 0 Å². The van der Waals surface area contributed by atoms with Gasteiger partial charge in [0.2, 0.25) is 11.9 Å². The van der Waals surface area contributed by atoms with E-state index in [9.17, 15) is 18.0 Å². The first-order valence-electron chi connectivity index (χ1n) is 10.2. The van der Waals surface area contributed by atoms with Gasteiger partial charge in [-0.15, -0.1) is 5.10 Å². The minimum atomic E-state index is -4.53. The topological polar surface area (TPSA) is 101 Å². The number of amides is 1. The number of nitrogens with zero attached hydrogens (tertiary/aromatic N) is 6. The molecule has 1 aliphatic carbocycles. The minimum absolute atomic E-state index is 0. The van der Waals surface area contributed by atoms with Crippen LogP contribution in [0.2, 0.25) is 0 Å². The molecule has 1 fully saturated rings. The summed E-state index contributed by atoms with van der Waals surface area (Å²) < 4.78 is 39.1. The molecule has 2 aromatic rings. The summed E-state index contributed by atoms with van der Waals surface area (Å²) in [5.41, 5.74) is 1.29. The first-order chi connectivity index (χ1) is 14.5. The van der Waals surface area contributed by atoms with Crippen molar-refractivity contribution in [1.29, 1.82) is 0 Å². The van der Waals surface area contributed by atoms with Crippen LogP contribution in [-0.4, -0.2) is 49.8 Å². The van der Waals surface area contributed by atoms with Crippen molar-refractivity contribution in [1.82, 2.24) is 24.7 Å². The molecule has 0 spiro atoms. The van der Waals surface area contributed by atoms with Crippen molar-refractivity contribution >= 4 is 36.9 Å². The first-order valence-corrected chi connectivity index (χ1v) is 10.2. The van der Waals surface area contributed by atoms with Crippen LogP contribution in [0.1, 0.15) is 53.1 Å². The number of aryl methyl sites for hydroxylation is 1. The Hall–Kier alpha value is -2.57. The fourth-order valence-corrected chi connectivity index (χ4v) is 4.24. The standard InChI is InChI=1S/C19H25F3N8O.2CH4.H2S/c1-9(2)14-16(31)26-13-10(3)24-18(27-15(13)29(14)4)25-12-5-11(6-12)7-30-8-23-17(28-30)19(20,21)22;;;/h8-9,11-12,14H,5-7H2,1-4H3,(H,26,31)(H,24,25,27);2*1H4;1H2/t11?,12?,14-;;;/m0.../s1. The van der Waals surface area contributed by atoms with Crippen molar-refractivity contribution in [3.05, 3.63) is 17.8 Å². The third-order valence-corrected chi connectivity index (χ3v) is 5.77. The number of carbonyl (C=O) groups is 1. The highest BCUT2D eigenvalue weighted by atomic mass is 32.1. The zero-order valence-electron chi connectivity index (χ0n) is 18.2. The lowest BCUT2D eigenvalue weighted by Gasteiger charge is -2.38. The summed E-state index contributed by atoms with van der Waals surface area (Å²) in [6, 6.07) is -0.190. The lowest BCUT2D eigenvalue weighted by Crippen LogP contribution is -2.50. The summed E-state index contributed by atoms with van der Waals surface area (Å²) in [5.74, 6) is 0.284. The summed E-state index contributed by atoms with van der Waals surface area (Å²) in [7, 11) is 1.85. The van der Waals surface area contributed by atoms with Gasteiger partial charge in [0.1, 0.15) is 18.1 Å². The van der Waals surface area contributed by atoms with E-state index in [1.165, 1.54) is 4.68 Å². The number of rotatable bonds is 5. The molecule has 192 valence electrons. The Kier molecular flexibility index (Phi) is 9.35. The third kappa shape index (κ3) is 5.73. The van der Waals surface area contributed by atoms with Crippen LogP contribution >= 0.6 is 13.5 Å². The highest BCUT2D eigenvalue weighted by Gasteiger charge is 2.38. The number of anilines is 3. The molecule has 1 aliphatic heterocycles. The van der Waals surface area contributed by atoms with Crippen LogP contribution in [-0.2, 0) is 17.5 Å². The van der Waals surface area contributed by atoms with Crippen molar-refractivity contribution in [2.75, 3.05) is 22.6 Å². The van der Waals surface area contributed by atoms with Crippen LogP contribution in [0.15, 0.2) is 6.33 Å². The summed E-state index contributed by atoms with van der Waals surface area (Å²) in [4.78, 5) is 26.7. The van der Waals surface area contributed by atoms with Crippen molar-refractivity contribution in [2.24, 2.45) is 11.8 Å². The Morgan fingerprint density at radius 1 is 1.24 bits per heavy atom. The van der Waals surface area contributed by atoms with Gasteiger partial charge in [0.25, 0.3) is 5.82 Å². The van der Waals surface area contributed by atoms with Gasteiger partial charge in [-0.25, -0.2) is 9.97 Å². The van der Waals surface area contributed by atoms with Crippen LogP contribution in [0, 0.1) is 18.8 Å². The van der Waals surface area contributed by atoms with Crippen LogP contribution in [0.4, 0.5) is 30.6 Å². The second kappa shape index (κ2) is 10.8. The summed E-state index contributed by atoms with van der Waals surface area (Å²) in [6.45, 7) is 6.18. The van der Waals surface area contributed by atoms with E-state index in [0.717, 1.165) is 19.2 Å². The van der Waals surface area contributed by atoms with Crippen LogP contribution < -0.4 is 15.5 Å². The quantitative estimate of drug-likeness (QED) is 0.633. The van der Waals surface area contributed by atoms with Gasteiger partial charge >= 0.3 is 6.18 Å². The van der Waals surface area contributed by atoms with Crippen molar-refractivity contribution in [3.63, 3.8) is 0 Å². The average Bonchev–Trinajstić information content (AvgIpc) is 3.10. The summed E-state index contributed by atoms with van der Waals surface area (Å²) >= 11 is 0. The van der Waals surface area contributed by atoms with Crippen LogP contribution in [0.3, 0.4) is 0 Å². The summed E-state index contributed by atoms with van der Waals surface area (Å²) in [6.07, 6.45) is -1.88. The Morgan fingerprint density at radius 2 is 1.88 bits per heavy atom. The number of alkyl halides is 3. The Balaban J connectivity index is 0.00000193. The Morgan fingerprint density at radius 3 is 2.44 bits per heavy atom. The molecule has 0 bridgehead atoms. The zero-order chi connectivity index (χ0) is 22.5. The molecule has 3 heterocycles. The molecule has 4 rings (SSSR count). The number of likely N-dealkylation sites (N-methyl/N-ethyl adjacent to an activating group) is 1. The lowest BCUT2D eigenvalue weighted by atomic mass is 9.80. The van der Waals surface area contributed by atoms with E-state index in [1.807, 2.05) is 32.7 Å². The van der Waals surface area contributed by atoms with Crippen molar-refractivity contribution in [2.45, 2.75) is 73.3 Å². The molecule has 34 heavy (non-hydrogen) atoms. The molecule has 2 N–H and O–H groups in total. The molecule has 1 atom stereocenters. The normalized spacial score (nSPS) is 21.4. The predicted molar refractivity (Wildman–Crippen MR) is 131 cm³/mol.